The summed E-state index contributed by atoms with van der Waals surface area (Å²) in [5, 5.41) is 9.93. The molecule has 1 aromatic heterocycles. The van der Waals surface area contributed by atoms with Gasteiger partial charge in [0.2, 0.25) is 0 Å². The molecular formula is C14H18N2O2. The first-order chi connectivity index (χ1) is 8.50. The van der Waals surface area contributed by atoms with Crippen molar-refractivity contribution in [2.75, 3.05) is 0 Å². The van der Waals surface area contributed by atoms with E-state index in [0.717, 1.165) is 16.8 Å². The van der Waals surface area contributed by atoms with Crippen LogP contribution in [0.15, 0.2) is 24.3 Å². The van der Waals surface area contributed by atoms with Crippen molar-refractivity contribution in [3.05, 3.63) is 35.5 Å². The Kier molecular flexibility index (Phi) is 3.39. The Morgan fingerprint density at radius 3 is 2.78 bits per heavy atom. The summed E-state index contributed by atoms with van der Waals surface area (Å²) >= 11 is 0. The summed E-state index contributed by atoms with van der Waals surface area (Å²) in [6.45, 7) is 2.04. The number of carboxylic acid groups (broad SMARTS) is 1. The van der Waals surface area contributed by atoms with Crippen molar-refractivity contribution in [2.24, 2.45) is 12.8 Å². The van der Waals surface area contributed by atoms with Crippen LogP contribution in [-0.2, 0) is 18.3 Å². The number of hydrogen-bond acceptors (Lipinski definition) is 2. The van der Waals surface area contributed by atoms with Crippen LogP contribution in [0, 0.1) is 6.92 Å². The maximum Gasteiger partial charge on any atom is 0.304 e. The number of benzene rings is 1. The van der Waals surface area contributed by atoms with Crippen LogP contribution in [0.5, 0.6) is 0 Å². The number of carboxylic acids is 1. The Balaban J connectivity index is 2.38. The number of fused-ring (bicyclic) bond motifs is 1. The van der Waals surface area contributed by atoms with Gasteiger partial charge in [-0.15, -0.1) is 0 Å². The minimum Gasteiger partial charge on any atom is -0.481 e. The molecule has 1 atom stereocenters. The van der Waals surface area contributed by atoms with Gasteiger partial charge in [0.15, 0.2) is 0 Å². The Morgan fingerprint density at radius 1 is 1.44 bits per heavy atom. The molecule has 18 heavy (non-hydrogen) atoms. The molecule has 0 spiro atoms. The number of aromatic nitrogens is 1. The van der Waals surface area contributed by atoms with Crippen molar-refractivity contribution in [1.29, 1.82) is 0 Å². The molecule has 0 saturated carbocycles. The molecule has 0 aliphatic carbocycles. The van der Waals surface area contributed by atoms with Crippen LogP contribution in [0.1, 0.15) is 17.7 Å². The lowest BCUT2D eigenvalue weighted by molar-refractivity contribution is -0.137. The Hall–Kier alpha value is -1.81. The number of para-hydroxylation sites is 1. The molecule has 1 heterocycles. The van der Waals surface area contributed by atoms with E-state index in [9.17, 15) is 4.79 Å². The normalized spacial score (nSPS) is 12.8. The molecule has 96 valence electrons. The lowest BCUT2D eigenvalue weighted by atomic mass is 10.0. The number of aliphatic carboxylic acids is 1. The van der Waals surface area contributed by atoms with Gasteiger partial charge in [0.05, 0.1) is 6.42 Å². The van der Waals surface area contributed by atoms with E-state index in [1.54, 1.807) is 0 Å². The third-order valence-corrected chi connectivity index (χ3v) is 3.43. The van der Waals surface area contributed by atoms with Gasteiger partial charge in [-0.2, -0.15) is 0 Å². The SMILES string of the molecule is Cc1c(CC(N)CC(=O)O)c2ccccc2n1C. The molecule has 2 rings (SSSR count). The van der Waals surface area contributed by atoms with Gasteiger partial charge in [0, 0.05) is 29.7 Å². The lowest BCUT2D eigenvalue weighted by Gasteiger charge is -2.09. The molecule has 0 aliphatic rings. The lowest BCUT2D eigenvalue weighted by Crippen LogP contribution is -2.26. The van der Waals surface area contributed by atoms with E-state index in [4.69, 9.17) is 10.8 Å². The second kappa shape index (κ2) is 4.82. The molecular weight excluding hydrogens is 228 g/mol. The van der Waals surface area contributed by atoms with Crippen LogP contribution in [0.4, 0.5) is 0 Å². The molecule has 0 saturated heterocycles. The van der Waals surface area contributed by atoms with E-state index in [2.05, 4.69) is 16.7 Å². The fraction of sp³-hybridized carbons (Fsp3) is 0.357. The fourth-order valence-corrected chi connectivity index (χ4v) is 2.42. The van der Waals surface area contributed by atoms with E-state index in [1.807, 2.05) is 26.1 Å². The van der Waals surface area contributed by atoms with Gasteiger partial charge in [0.25, 0.3) is 0 Å². The summed E-state index contributed by atoms with van der Waals surface area (Å²) in [5.41, 5.74) is 9.35. The van der Waals surface area contributed by atoms with Gasteiger partial charge in [-0.25, -0.2) is 0 Å². The summed E-state index contributed by atoms with van der Waals surface area (Å²) in [4.78, 5) is 10.7. The first kappa shape index (κ1) is 12.6. The van der Waals surface area contributed by atoms with E-state index < -0.39 is 5.97 Å². The number of rotatable bonds is 4. The molecule has 4 nitrogen and oxygen atoms in total. The van der Waals surface area contributed by atoms with Crippen LogP contribution in [0.2, 0.25) is 0 Å². The highest BCUT2D eigenvalue weighted by molar-refractivity contribution is 5.85. The molecule has 1 unspecified atom stereocenters. The maximum atomic E-state index is 10.7. The molecule has 0 bridgehead atoms. The maximum absolute atomic E-state index is 10.7. The van der Waals surface area contributed by atoms with Gasteiger partial charge < -0.3 is 15.4 Å². The number of nitrogens with two attached hydrogens (primary N) is 1. The fourth-order valence-electron chi connectivity index (χ4n) is 2.42. The van der Waals surface area contributed by atoms with Gasteiger partial charge >= 0.3 is 5.97 Å². The average Bonchev–Trinajstić information content (AvgIpc) is 2.54. The summed E-state index contributed by atoms with van der Waals surface area (Å²) < 4.78 is 2.12. The monoisotopic (exact) mass is 246 g/mol. The van der Waals surface area contributed by atoms with Crippen molar-refractivity contribution in [3.63, 3.8) is 0 Å². The van der Waals surface area contributed by atoms with Crippen LogP contribution in [0.25, 0.3) is 10.9 Å². The summed E-state index contributed by atoms with van der Waals surface area (Å²) in [7, 11) is 2.02. The van der Waals surface area contributed by atoms with Crippen molar-refractivity contribution in [1.82, 2.24) is 4.57 Å². The Labute approximate surface area is 106 Å². The summed E-state index contributed by atoms with van der Waals surface area (Å²) in [6, 6.07) is 7.78. The number of carbonyl (C=O) groups is 1. The van der Waals surface area contributed by atoms with E-state index >= 15 is 0 Å². The van der Waals surface area contributed by atoms with E-state index in [-0.39, 0.29) is 12.5 Å². The summed E-state index contributed by atoms with van der Waals surface area (Å²) in [6.07, 6.45) is 0.599. The first-order valence-electron chi connectivity index (χ1n) is 6.01. The topological polar surface area (TPSA) is 68.2 Å². The van der Waals surface area contributed by atoms with Crippen LogP contribution in [-0.4, -0.2) is 21.7 Å². The van der Waals surface area contributed by atoms with Gasteiger partial charge in [-0.1, -0.05) is 18.2 Å². The molecule has 1 aromatic carbocycles. The highest BCUT2D eigenvalue weighted by atomic mass is 16.4. The zero-order valence-corrected chi connectivity index (χ0v) is 10.7. The third kappa shape index (κ3) is 2.24. The number of hydrogen-bond donors (Lipinski definition) is 2. The smallest absolute Gasteiger partial charge is 0.304 e. The molecule has 0 fully saturated rings. The second-order valence-electron chi connectivity index (χ2n) is 4.70. The van der Waals surface area contributed by atoms with Crippen LogP contribution < -0.4 is 5.73 Å². The molecule has 2 aromatic rings. The molecule has 3 N–H and O–H groups in total. The minimum absolute atomic E-state index is 0.00264. The predicted molar refractivity (Wildman–Crippen MR) is 71.6 cm³/mol. The van der Waals surface area contributed by atoms with Crippen LogP contribution >= 0.6 is 0 Å². The van der Waals surface area contributed by atoms with Crippen molar-refractivity contribution in [2.45, 2.75) is 25.8 Å². The molecule has 0 radical (unpaired) electrons. The predicted octanol–water partition coefficient (Wildman–Crippen LogP) is 1.83. The number of aryl methyl sites for hydroxylation is 1. The quantitative estimate of drug-likeness (QED) is 0.864. The molecule has 0 aliphatic heterocycles. The minimum atomic E-state index is -0.847. The highest BCUT2D eigenvalue weighted by Gasteiger charge is 2.16. The third-order valence-electron chi connectivity index (χ3n) is 3.43. The van der Waals surface area contributed by atoms with Gasteiger partial charge in [0.1, 0.15) is 0 Å². The Bertz CT molecular complexity index is 587. The largest absolute Gasteiger partial charge is 0.481 e. The molecule has 4 heteroatoms. The van der Waals surface area contributed by atoms with Crippen molar-refractivity contribution >= 4 is 16.9 Å². The summed E-state index contributed by atoms with van der Waals surface area (Å²) in [5.74, 6) is -0.847. The highest BCUT2D eigenvalue weighted by Crippen LogP contribution is 2.25. The molecule has 0 amide bonds. The van der Waals surface area contributed by atoms with Gasteiger partial charge in [-0.3, -0.25) is 4.79 Å². The first-order valence-corrected chi connectivity index (χ1v) is 6.01. The van der Waals surface area contributed by atoms with Crippen molar-refractivity contribution < 1.29 is 9.90 Å². The van der Waals surface area contributed by atoms with Gasteiger partial charge in [-0.05, 0) is 25.0 Å². The standard InChI is InChI=1S/C14H18N2O2/c1-9-12(7-10(15)8-14(17)18)11-5-3-4-6-13(11)16(9)2/h3-6,10H,7-8,15H2,1-2H3,(H,17,18). The zero-order chi connectivity index (χ0) is 13.3. The van der Waals surface area contributed by atoms with E-state index in [1.165, 1.54) is 5.39 Å². The second-order valence-corrected chi connectivity index (χ2v) is 4.70. The van der Waals surface area contributed by atoms with Crippen LogP contribution in [0.3, 0.4) is 0 Å². The zero-order valence-electron chi connectivity index (χ0n) is 10.7. The Morgan fingerprint density at radius 2 is 2.11 bits per heavy atom. The van der Waals surface area contributed by atoms with Crippen molar-refractivity contribution in [3.8, 4) is 0 Å². The number of nitrogens with zero attached hydrogens (tertiary/aromatic N) is 1. The average molecular weight is 246 g/mol. The van der Waals surface area contributed by atoms with E-state index in [0.29, 0.717) is 6.42 Å².